The van der Waals surface area contributed by atoms with Crippen molar-refractivity contribution in [2.45, 2.75) is 33.1 Å². The summed E-state index contributed by atoms with van der Waals surface area (Å²) in [6, 6.07) is 9.43. The van der Waals surface area contributed by atoms with Gasteiger partial charge < -0.3 is 10.2 Å². The third-order valence-electron chi connectivity index (χ3n) is 7.38. The lowest BCUT2D eigenvalue weighted by Crippen LogP contribution is -2.42. The molecule has 5 nitrogen and oxygen atoms in total. The first-order valence-electron chi connectivity index (χ1n) is 12.5. The third kappa shape index (κ3) is 4.94. The van der Waals surface area contributed by atoms with Gasteiger partial charge in [0.2, 0.25) is 0 Å². The summed E-state index contributed by atoms with van der Waals surface area (Å²) in [7, 11) is 0. The lowest BCUT2D eigenvalue weighted by molar-refractivity contribution is 0.0571. The zero-order valence-electron chi connectivity index (χ0n) is 20.3. The number of hydrogen-bond acceptors (Lipinski definition) is 5. The average Bonchev–Trinajstić information content (AvgIpc) is 3.26. The Kier molecular flexibility index (Phi) is 6.82. The quantitative estimate of drug-likeness (QED) is 0.484. The van der Waals surface area contributed by atoms with Gasteiger partial charge in [-0.2, -0.15) is 0 Å². The molecule has 0 bridgehead atoms. The first-order valence-corrected chi connectivity index (χ1v) is 12.5. The maximum absolute atomic E-state index is 14.9. The van der Waals surface area contributed by atoms with Crippen LogP contribution in [0.3, 0.4) is 0 Å². The molecule has 2 aliphatic rings. The fraction of sp³-hybridized carbons (Fsp3) is 0.481. The molecule has 0 amide bonds. The molecule has 2 saturated heterocycles. The van der Waals surface area contributed by atoms with Crippen LogP contribution in [-0.4, -0.2) is 60.6 Å². The SMILES string of the molecule is CCNc1ccc(-c2cc(N3CC4CCN(CC(F)F)CC4C3)c3cc(F)c(CC)cc3n2)cn1. The number of aromatic nitrogens is 2. The van der Waals surface area contributed by atoms with E-state index in [-0.39, 0.29) is 12.4 Å². The zero-order chi connectivity index (χ0) is 24.5. The van der Waals surface area contributed by atoms with Crippen molar-refractivity contribution >= 4 is 22.4 Å². The Bertz CT molecular complexity index is 1180. The van der Waals surface area contributed by atoms with Crippen LogP contribution >= 0.6 is 0 Å². The molecule has 2 fully saturated rings. The summed E-state index contributed by atoms with van der Waals surface area (Å²) in [5.41, 5.74) is 4.06. The second-order valence-corrected chi connectivity index (χ2v) is 9.67. The highest BCUT2D eigenvalue weighted by Gasteiger charge is 2.38. The molecule has 0 spiro atoms. The minimum atomic E-state index is -2.31. The highest BCUT2D eigenvalue weighted by Crippen LogP contribution is 2.39. The summed E-state index contributed by atoms with van der Waals surface area (Å²) in [4.78, 5) is 13.6. The number of halogens is 3. The maximum atomic E-state index is 14.9. The van der Waals surface area contributed by atoms with Crippen molar-refractivity contribution in [3.05, 3.63) is 47.9 Å². The summed E-state index contributed by atoms with van der Waals surface area (Å²) >= 11 is 0. The first kappa shape index (κ1) is 23.9. The summed E-state index contributed by atoms with van der Waals surface area (Å²) < 4.78 is 40.8. The topological polar surface area (TPSA) is 44.3 Å². The highest BCUT2D eigenvalue weighted by atomic mass is 19.3. The molecule has 0 radical (unpaired) electrons. The van der Waals surface area contributed by atoms with Crippen molar-refractivity contribution in [2.24, 2.45) is 11.8 Å². The predicted octanol–water partition coefficient (Wildman–Crippen LogP) is 5.45. The molecule has 8 heteroatoms. The Morgan fingerprint density at radius 2 is 1.91 bits per heavy atom. The molecule has 1 aromatic carbocycles. The average molecular weight is 484 g/mol. The van der Waals surface area contributed by atoms with Crippen LogP contribution in [-0.2, 0) is 6.42 Å². The van der Waals surface area contributed by atoms with E-state index in [4.69, 9.17) is 4.98 Å². The van der Waals surface area contributed by atoms with Gasteiger partial charge in [-0.3, -0.25) is 4.90 Å². The van der Waals surface area contributed by atoms with Crippen LogP contribution in [0.2, 0.25) is 0 Å². The van der Waals surface area contributed by atoms with Gasteiger partial charge in [-0.15, -0.1) is 0 Å². The molecule has 0 aliphatic carbocycles. The second-order valence-electron chi connectivity index (χ2n) is 9.67. The van der Waals surface area contributed by atoms with E-state index in [0.717, 1.165) is 59.7 Å². The van der Waals surface area contributed by atoms with Gasteiger partial charge in [-0.25, -0.2) is 23.1 Å². The van der Waals surface area contributed by atoms with Gasteiger partial charge in [-0.1, -0.05) is 6.92 Å². The Hall–Kier alpha value is -2.87. The molecule has 4 heterocycles. The number of rotatable bonds is 7. The molecule has 2 atom stereocenters. The second kappa shape index (κ2) is 10.0. The molecular formula is C27H32F3N5. The van der Waals surface area contributed by atoms with Gasteiger partial charge in [0.05, 0.1) is 17.8 Å². The van der Waals surface area contributed by atoms with Crippen molar-refractivity contribution in [3.8, 4) is 11.3 Å². The van der Waals surface area contributed by atoms with E-state index in [1.807, 2.05) is 49.2 Å². The standard InChI is InChI=1S/C27H32F3N5/c1-3-17-9-24-21(10-22(17)28)25(11-23(33-24)18-5-6-27(31-4-2)32-12-18)35-14-19-7-8-34(16-26(29)30)13-20(19)15-35/h5-6,9-12,19-20,26H,3-4,7-8,13-16H2,1-2H3,(H,31,32). The smallest absolute Gasteiger partial charge is 0.251 e. The number of fused-ring (bicyclic) bond motifs is 2. The number of alkyl halides is 2. The molecule has 1 N–H and O–H groups in total. The minimum absolute atomic E-state index is 0.160. The number of pyridine rings is 2. The van der Waals surface area contributed by atoms with Crippen LogP contribution in [0.5, 0.6) is 0 Å². The molecule has 2 unspecified atom stereocenters. The molecule has 3 aromatic rings. The number of benzene rings is 1. The van der Waals surface area contributed by atoms with Crippen molar-refractivity contribution in [3.63, 3.8) is 0 Å². The van der Waals surface area contributed by atoms with E-state index in [1.165, 1.54) is 0 Å². The third-order valence-corrected chi connectivity index (χ3v) is 7.38. The van der Waals surface area contributed by atoms with Gasteiger partial charge in [0.15, 0.2) is 0 Å². The monoisotopic (exact) mass is 483 g/mol. The van der Waals surface area contributed by atoms with Crippen molar-refractivity contribution in [2.75, 3.05) is 49.5 Å². The highest BCUT2D eigenvalue weighted by molar-refractivity contribution is 5.95. The Morgan fingerprint density at radius 1 is 1.09 bits per heavy atom. The van der Waals surface area contributed by atoms with Crippen LogP contribution in [0.1, 0.15) is 25.8 Å². The van der Waals surface area contributed by atoms with Crippen LogP contribution in [0.4, 0.5) is 24.7 Å². The molecule has 2 aliphatic heterocycles. The Morgan fingerprint density at radius 3 is 2.63 bits per heavy atom. The van der Waals surface area contributed by atoms with Gasteiger partial charge in [-0.05, 0) is 74.0 Å². The molecule has 5 rings (SSSR count). The molecular weight excluding hydrogens is 451 g/mol. The number of nitrogens with one attached hydrogen (secondary N) is 1. The van der Waals surface area contributed by atoms with E-state index in [0.29, 0.717) is 36.9 Å². The summed E-state index contributed by atoms with van der Waals surface area (Å²) in [5, 5.41) is 4.00. The van der Waals surface area contributed by atoms with Crippen LogP contribution < -0.4 is 10.2 Å². The number of likely N-dealkylation sites (tertiary alicyclic amines) is 1. The zero-order valence-corrected chi connectivity index (χ0v) is 20.3. The predicted molar refractivity (Wildman–Crippen MR) is 135 cm³/mol. The molecule has 2 aromatic heterocycles. The Balaban J connectivity index is 1.52. The fourth-order valence-corrected chi connectivity index (χ4v) is 5.59. The van der Waals surface area contributed by atoms with Crippen molar-refractivity contribution in [1.29, 1.82) is 0 Å². The van der Waals surface area contributed by atoms with E-state index in [2.05, 4.69) is 15.2 Å². The van der Waals surface area contributed by atoms with Gasteiger partial charge in [0.1, 0.15) is 11.6 Å². The number of aryl methyl sites for hydroxylation is 1. The van der Waals surface area contributed by atoms with Gasteiger partial charge in [0.25, 0.3) is 6.43 Å². The number of piperidine rings is 1. The maximum Gasteiger partial charge on any atom is 0.251 e. The van der Waals surface area contributed by atoms with Crippen LogP contribution in [0.25, 0.3) is 22.2 Å². The molecule has 35 heavy (non-hydrogen) atoms. The van der Waals surface area contributed by atoms with Crippen LogP contribution in [0, 0.1) is 17.7 Å². The number of hydrogen-bond donors (Lipinski definition) is 1. The van der Waals surface area contributed by atoms with Crippen molar-refractivity contribution < 1.29 is 13.2 Å². The van der Waals surface area contributed by atoms with Gasteiger partial charge >= 0.3 is 0 Å². The normalized spacial score (nSPS) is 20.6. The van der Waals surface area contributed by atoms with Gasteiger partial charge in [0, 0.05) is 49.0 Å². The summed E-state index contributed by atoms with van der Waals surface area (Å²) in [6.07, 6.45) is 1.01. The molecule has 186 valence electrons. The van der Waals surface area contributed by atoms with E-state index >= 15 is 0 Å². The molecule has 0 saturated carbocycles. The Labute approximate surface area is 204 Å². The lowest BCUT2D eigenvalue weighted by Gasteiger charge is -2.33. The van der Waals surface area contributed by atoms with Crippen molar-refractivity contribution in [1.82, 2.24) is 14.9 Å². The summed E-state index contributed by atoms with van der Waals surface area (Å²) in [6.45, 7) is 7.62. The summed E-state index contributed by atoms with van der Waals surface area (Å²) in [5.74, 6) is 1.38. The lowest BCUT2D eigenvalue weighted by atomic mass is 9.89. The number of anilines is 2. The number of nitrogens with zero attached hydrogens (tertiary/aromatic N) is 4. The van der Waals surface area contributed by atoms with Crippen LogP contribution in [0.15, 0.2) is 36.5 Å². The first-order chi connectivity index (χ1) is 16.9. The minimum Gasteiger partial charge on any atom is -0.370 e. The van der Waals surface area contributed by atoms with E-state index in [1.54, 1.807) is 6.07 Å². The largest absolute Gasteiger partial charge is 0.370 e. The van der Waals surface area contributed by atoms with E-state index in [9.17, 15) is 13.2 Å². The fourth-order valence-electron chi connectivity index (χ4n) is 5.59. The van der Waals surface area contributed by atoms with E-state index < -0.39 is 6.43 Å².